The van der Waals surface area contributed by atoms with E-state index in [0.717, 1.165) is 10.1 Å². The molecule has 3 rings (SSSR count). The van der Waals surface area contributed by atoms with Crippen molar-refractivity contribution in [1.82, 2.24) is 14.5 Å². The van der Waals surface area contributed by atoms with E-state index in [4.69, 9.17) is 9.47 Å². The number of ether oxygens (including phenoxy) is 2. The number of para-hydroxylation sites is 1. The molecule has 8 nitrogen and oxygen atoms in total. The number of benzene rings is 1. The van der Waals surface area contributed by atoms with Crippen LogP contribution in [-0.4, -0.2) is 29.3 Å². The van der Waals surface area contributed by atoms with Gasteiger partial charge in [-0.1, -0.05) is 12.1 Å². The Labute approximate surface area is 164 Å². The highest BCUT2D eigenvalue weighted by atomic mass is 32.1. The van der Waals surface area contributed by atoms with Crippen molar-refractivity contribution in [2.24, 2.45) is 0 Å². The smallest absolute Gasteiger partial charge is 0.331 e. The molecule has 0 aliphatic rings. The first-order valence-electron chi connectivity index (χ1n) is 8.69. The van der Waals surface area contributed by atoms with E-state index in [1.165, 1.54) is 23.0 Å². The number of carbonyl (C=O) groups excluding carboxylic acids is 1. The van der Waals surface area contributed by atoms with Gasteiger partial charge >= 0.3 is 5.69 Å². The van der Waals surface area contributed by atoms with Gasteiger partial charge in [-0.05, 0) is 24.4 Å². The number of hydrogen-bond acceptors (Lipinski definition) is 6. The number of methoxy groups -OCH3 is 2. The molecule has 0 bridgehead atoms. The molecule has 148 valence electrons. The Kier molecular flexibility index (Phi) is 5.84. The molecule has 0 atom stereocenters. The number of rotatable bonds is 7. The Morgan fingerprint density at radius 1 is 1.14 bits per heavy atom. The van der Waals surface area contributed by atoms with E-state index in [-0.39, 0.29) is 31.1 Å². The van der Waals surface area contributed by atoms with Crippen LogP contribution in [0, 0.1) is 0 Å². The highest BCUT2D eigenvalue weighted by Gasteiger charge is 2.16. The van der Waals surface area contributed by atoms with Crippen LogP contribution < -0.4 is 26.0 Å². The lowest BCUT2D eigenvalue weighted by molar-refractivity contribution is -0.121. The zero-order valence-corrected chi connectivity index (χ0v) is 16.7. The van der Waals surface area contributed by atoms with Gasteiger partial charge in [-0.3, -0.25) is 18.7 Å². The molecular formula is C19H21N3O5S. The standard InChI is InChI=1S/C19H21N3O5S/c1-4-21-18(24)17-13(8-9-28-17)22(19(21)25)11-15(23)20-10-12-6-5-7-14(26-2)16(12)27-3/h5-9H,4,10-11H2,1-3H3,(H,20,23). The molecule has 28 heavy (non-hydrogen) atoms. The van der Waals surface area contributed by atoms with Gasteiger partial charge < -0.3 is 14.8 Å². The number of hydrogen-bond donors (Lipinski definition) is 1. The van der Waals surface area contributed by atoms with Crippen LogP contribution in [0.5, 0.6) is 11.5 Å². The number of amides is 1. The highest BCUT2D eigenvalue weighted by molar-refractivity contribution is 7.17. The van der Waals surface area contributed by atoms with Crippen LogP contribution in [-0.2, 0) is 24.4 Å². The van der Waals surface area contributed by atoms with Crippen molar-refractivity contribution in [1.29, 1.82) is 0 Å². The van der Waals surface area contributed by atoms with Crippen LogP contribution in [0.2, 0.25) is 0 Å². The maximum absolute atomic E-state index is 12.6. The molecule has 9 heteroatoms. The van der Waals surface area contributed by atoms with E-state index in [0.29, 0.717) is 21.7 Å². The Morgan fingerprint density at radius 2 is 1.93 bits per heavy atom. The second kappa shape index (κ2) is 8.30. The van der Waals surface area contributed by atoms with Crippen LogP contribution >= 0.6 is 11.3 Å². The van der Waals surface area contributed by atoms with Crippen molar-refractivity contribution in [3.8, 4) is 11.5 Å². The van der Waals surface area contributed by atoms with E-state index < -0.39 is 5.69 Å². The molecule has 0 saturated heterocycles. The topological polar surface area (TPSA) is 91.6 Å². The minimum atomic E-state index is -0.493. The largest absolute Gasteiger partial charge is 0.493 e. The molecule has 1 aromatic carbocycles. The highest BCUT2D eigenvalue weighted by Crippen LogP contribution is 2.30. The van der Waals surface area contributed by atoms with E-state index in [1.807, 2.05) is 6.07 Å². The van der Waals surface area contributed by atoms with Gasteiger partial charge in [0.1, 0.15) is 11.2 Å². The zero-order valence-electron chi connectivity index (χ0n) is 15.9. The van der Waals surface area contributed by atoms with Crippen LogP contribution in [0.25, 0.3) is 10.2 Å². The molecule has 0 spiro atoms. The lowest BCUT2D eigenvalue weighted by Gasteiger charge is -2.14. The van der Waals surface area contributed by atoms with Gasteiger partial charge in [0.15, 0.2) is 11.5 Å². The maximum Gasteiger partial charge on any atom is 0.331 e. The summed E-state index contributed by atoms with van der Waals surface area (Å²) in [6, 6.07) is 7.08. The number of thiophene rings is 1. The predicted molar refractivity (Wildman–Crippen MR) is 107 cm³/mol. The normalized spacial score (nSPS) is 10.8. The summed E-state index contributed by atoms with van der Waals surface area (Å²) in [6.07, 6.45) is 0. The fourth-order valence-electron chi connectivity index (χ4n) is 3.05. The van der Waals surface area contributed by atoms with E-state index in [2.05, 4.69) is 5.32 Å². The summed E-state index contributed by atoms with van der Waals surface area (Å²) in [5.74, 6) is 0.767. The fraction of sp³-hybridized carbons (Fsp3) is 0.316. The third-order valence-corrected chi connectivity index (χ3v) is 5.31. The maximum atomic E-state index is 12.6. The Morgan fingerprint density at radius 3 is 2.61 bits per heavy atom. The third-order valence-electron chi connectivity index (χ3n) is 4.41. The summed E-state index contributed by atoms with van der Waals surface area (Å²) in [5, 5.41) is 4.53. The van der Waals surface area contributed by atoms with Gasteiger partial charge in [0.25, 0.3) is 5.56 Å². The second-order valence-electron chi connectivity index (χ2n) is 5.98. The molecule has 3 aromatic rings. The first-order valence-corrected chi connectivity index (χ1v) is 9.57. The van der Waals surface area contributed by atoms with Crippen LogP contribution in [0.3, 0.4) is 0 Å². The van der Waals surface area contributed by atoms with Gasteiger partial charge in [0.05, 0.1) is 19.7 Å². The molecule has 1 amide bonds. The minimum absolute atomic E-state index is 0.182. The Bertz CT molecular complexity index is 1130. The minimum Gasteiger partial charge on any atom is -0.493 e. The molecule has 0 fully saturated rings. The molecule has 2 aromatic heterocycles. The van der Waals surface area contributed by atoms with Crippen LogP contribution in [0.4, 0.5) is 0 Å². The van der Waals surface area contributed by atoms with Crippen molar-refractivity contribution < 1.29 is 14.3 Å². The van der Waals surface area contributed by atoms with E-state index in [9.17, 15) is 14.4 Å². The molecule has 0 saturated carbocycles. The quantitative estimate of drug-likeness (QED) is 0.647. The molecule has 1 N–H and O–H groups in total. The van der Waals surface area contributed by atoms with Gasteiger partial charge in [-0.2, -0.15) is 0 Å². The van der Waals surface area contributed by atoms with Gasteiger partial charge in [0.2, 0.25) is 5.91 Å². The average Bonchev–Trinajstić information content (AvgIpc) is 3.19. The summed E-state index contributed by atoms with van der Waals surface area (Å²) in [6.45, 7) is 2.00. The number of nitrogens with one attached hydrogen (secondary N) is 1. The molecule has 0 radical (unpaired) electrons. The first-order chi connectivity index (χ1) is 13.5. The van der Waals surface area contributed by atoms with Gasteiger partial charge in [0, 0.05) is 18.7 Å². The number of nitrogens with zero attached hydrogens (tertiary/aromatic N) is 2. The van der Waals surface area contributed by atoms with Crippen LogP contribution in [0.1, 0.15) is 12.5 Å². The predicted octanol–water partition coefficient (Wildman–Crippen LogP) is 1.58. The van der Waals surface area contributed by atoms with Gasteiger partial charge in [-0.25, -0.2) is 4.79 Å². The zero-order chi connectivity index (χ0) is 20.3. The summed E-state index contributed by atoms with van der Waals surface area (Å²) in [5.41, 5.74) is 0.406. The monoisotopic (exact) mass is 403 g/mol. The molecule has 2 heterocycles. The van der Waals surface area contributed by atoms with E-state index >= 15 is 0 Å². The second-order valence-corrected chi connectivity index (χ2v) is 6.90. The van der Waals surface area contributed by atoms with Gasteiger partial charge in [-0.15, -0.1) is 11.3 Å². The van der Waals surface area contributed by atoms with Crippen LogP contribution in [0.15, 0.2) is 39.2 Å². The van der Waals surface area contributed by atoms with Crippen molar-refractivity contribution in [3.63, 3.8) is 0 Å². The van der Waals surface area contributed by atoms with Crippen molar-refractivity contribution in [2.45, 2.75) is 26.6 Å². The number of aromatic nitrogens is 2. The Hall–Kier alpha value is -3.07. The third kappa shape index (κ3) is 3.53. The molecule has 0 aliphatic carbocycles. The van der Waals surface area contributed by atoms with Crippen molar-refractivity contribution in [3.05, 3.63) is 56.0 Å². The SMILES string of the molecule is CCn1c(=O)c2sccc2n(CC(=O)NCc2cccc(OC)c2OC)c1=O. The fourth-order valence-corrected chi connectivity index (χ4v) is 3.89. The van der Waals surface area contributed by atoms with Crippen molar-refractivity contribution in [2.75, 3.05) is 14.2 Å². The molecule has 0 aliphatic heterocycles. The lowest BCUT2D eigenvalue weighted by atomic mass is 10.2. The van der Waals surface area contributed by atoms with Crippen molar-refractivity contribution >= 4 is 27.5 Å². The molecular weight excluding hydrogens is 382 g/mol. The lowest BCUT2D eigenvalue weighted by Crippen LogP contribution is -2.41. The summed E-state index contributed by atoms with van der Waals surface area (Å²) in [4.78, 5) is 37.5. The summed E-state index contributed by atoms with van der Waals surface area (Å²) >= 11 is 1.26. The summed E-state index contributed by atoms with van der Waals surface area (Å²) < 4.78 is 13.5. The first kappa shape index (κ1) is 19.7. The average molecular weight is 403 g/mol. The number of carbonyl (C=O) groups is 1. The summed E-state index contributed by atoms with van der Waals surface area (Å²) in [7, 11) is 3.07. The number of fused-ring (bicyclic) bond motifs is 1. The molecule has 0 unspecified atom stereocenters. The van der Waals surface area contributed by atoms with E-state index in [1.54, 1.807) is 37.6 Å². The Balaban J connectivity index is 1.85.